The van der Waals surface area contributed by atoms with Crippen LogP contribution in [0.3, 0.4) is 0 Å². The summed E-state index contributed by atoms with van der Waals surface area (Å²) in [5.74, 6) is -0.460. The first-order valence-corrected chi connectivity index (χ1v) is 3.81. The van der Waals surface area contributed by atoms with E-state index in [1.54, 1.807) is 0 Å². The smallest absolute Gasteiger partial charge is 0.409 e. The van der Waals surface area contributed by atoms with E-state index in [1.807, 2.05) is 0 Å². The van der Waals surface area contributed by atoms with E-state index in [1.165, 1.54) is 0 Å². The highest BCUT2D eigenvalue weighted by molar-refractivity contribution is 6.01. The summed E-state index contributed by atoms with van der Waals surface area (Å²) in [6.07, 6.45) is -4.49. The third-order valence-electron chi connectivity index (χ3n) is 1.76. The van der Waals surface area contributed by atoms with Crippen molar-refractivity contribution in [2.45, 2.75) is 6.18 Å². The molecule has 0 aromatic heterocycles. The van der Waals surface area contributed by atoms with Gasteiger partial charge >= 0.3 is 6.18 Å². The zero-order valence-corrected chi connectivity index (χ0v) is 7.42. The highest BCUT2D eigenvalue weighted by Crippen LogP contribution is 2.31. The zero-order chi connectivity index (χ0) is 11.6. The maximum absolute atomic E-state index is 12.3. The van der Waals surface area contributed by atoms with Gasteiger partial charge in [0.2, 0.25) is 0 Å². The minimum atomic E-state index is -4.49. The van der Waals surface area contributed by atoms with Gasteiger partial charge in [-0.2, -0.15) is 13.2 Å². The van der Waals surface area contributed by atoms with Crippen molar-refractivity contribution in [1.29, 1.82) is 0 Å². The molecule has 0 saturated heterocycles. The van der Waals surface area contributed by atoms with E-state index in [-0.39, 0.29) is 11.3 Å². The van der Waals surface area contributed by atoms with Gasteiger partial charge in [0.05, 0.1) is 5.56 Å². The van der Waals surface area contributed by atoms with E-state index >= 15 is 0 Å². The Morgan fingerprint density at radius 1 is 1.33 bits per heavy atom. The van der Waals surface area contributed by atoms with E-state index in [0.29, 0.717) is 0 Å². The molecule has 0 heterocycles. The number of amidine groups is 1. The number of benzene rings is 1. The van der Waals surface area contributed by atoms with Gasteiger partial charge in [0, 0.05) is 11.3 Å². The Hall–Kier alpha value is -1.92. The van der Waals surface area contributed by atoms with E-state index in [4.69, 9.17) is 16.7 Å². The lowest BCUT2D eigenvalue weighted by molar-refractivity contribution is -0.137. The average Bonchev–Trinajstić information content (AvgIpc) is 2.15. The van der Waals surface area contributed by atoms with Gasteiger partial charge in [-0.15, -0.1) is 0 Å². The third-order valence-corrected chi connectivity index (χ3v) is 1.76. The third kappa shape index (κ3) is 2.30. The molecule has 4 nitrogen and oxygen atoms in total. The summed E-state index contributed by atoms with van der Waals surface area (Å²) in [4.78, 5) is 0. The van der Waals surface area contributed by atoms with Gasteiger partial charge in [-0.25, -0.2) is 0 Å². The first kappa shape index (κ1) is 11.2. The van der Waals surface area contributed by atoms with Crippen LogP contribution in [0.4, 0.5) is 18.9 Å². The molecule has 15 heavy (non-hydrogen) atoms. The van der Waals surface area contributed by atoms with Crippen LogP contribution in [-0.4, -0.2) is 11.0 Å². The Labute approximate surface area is 83.0 Å². The molecule has 1 rings (SSSR count). The van der Waals surface area contributed by atoms with Crippen LogP contribution >= 0.6 is 0 Å². The second kappa shape index (κ2) is 3.68. The number of halogens is 3. The van der Waals surface area contributed by atoms with Crippen LogP contribution in [0.15, 0.2) is 23.4 Å². The van der Waals surface area contributed by atoms with Crippen LogP contribution in [0.25, 0.3) is 0 Å². The standard InChI is InChI=1S/C8H8F3N3O/c9-8(10,11)4-1-2-6(12)5(3-4)7(13)14-15/h1-3,15H,12H2,(H2,13,14). The van der Waals surface area contributed by atoms with Crippen molar-refractivity contribution in [3.8, 4) is 0 Å². The number of oxime groups is 1. The molecule has 0 radical (unpaired) electrons. The minimum Gasteiger partial charge on any atom is -0.409 e. The van der Waals surface area contributed by atoms with Crippen molar-refractivity contribution >= 4 is 11.5 Å². The predicted octanol–water partition coefficient (Wildman–Crippen LogP) is 1.38. The maximum Gasteiger partial charge on any atom is 0.416 e. The van der Waals surface area contributed by atoms with Crippen LogP contribution in [0.5, 0.6) is 0 Å². The molecule has 1 aromatic carbocycles. The molecule has 7 heteroatoms. The van der Waals surface area contributed by atoms with Gasteiger partial charge in [0.1, 0.15) is 0 Å². The van der Waals surface area contributed by atoms with Crippen molar-refractivity contribution in [3.63, 3.8) is 0 Å². The number of hydrogen-bond acceptors (Lipinski definition) is 3. The Bertz CT molecular complexity index is 401. The van der Waals surface area contributed by atoms with Crippen LogP contribution < -0.4 is 11.5 Å². The van der Waals surface area contributed by atoms with Crippen molar-refractivity contribution in [3.05, 3.63) is 29.3 Å². The summed E-state index contributed by atoms with van der Waals surface area (Å²) in [7, 11) is 0. The van der Waals surface area contributed by atoms with Gasteiger partial charge in [-0.1, -0.05) is 5.16 Å². The largest absolute Gasteiger partial charge is 0.416 e. The zero-order valence-electron chi connectivity index (χ0n) is 7.42. The molecule has 0 bridgehead atoms. The molecule has 0 aliphatic carbocycles. The molecule has 0 atom stereocenters. The quantitative estimate of drug-likeness (QED) is 0.219. The number of anilines is 1. The number of nitrogens with zero attached hydrogens (tertiary/aromatic N) is 1. The summed E-state index contributed by atoms with van der Waals surface area (Å²) >= 11 is 0. The molecular weight excluding hydrogens is 211 g/mol. The monoisotopic (exact) mass is 219 g/mol. The predicted molar refractivity (Wildman–Crippen MR) is 48.4 cm³/mol. The van der Waals surface area contributed by atoms with Crippen molar-refractivity contribution in [1.82, 2.24) is 0 Å². The fourth-order valence-electron chi connectivity index (χ4n) is 1.01. The van der Waals surface area contributed by atoms with Crippen molar-refractivity contribution in [2.24, 2.45) is 10.9 Å². The molecule has 0 amide bonds. The van der Waals surface area contributed by atoms with E-state index in [0.717, 1.165) is 18.2 Å². The van der Waals surface area contributed by atoms with Crippen LogP contribution in [-0.2, 0) is 6.18 Å². The lowest BCUT2D eigenvalue weighted by atomic mass is 10.1. The summed E-state index contributed by atoms with van der Waals surface area (Å²) in [5.41, 5.74) is 9.49. The molecule has 0 aliphatic rings. The number of nitrogens with two attached hydrogens (primary N) is 2. The molecule has 0 saturated carbocycles. The molecule has 0 fully saturated rings. The molecule has 0 unspecified atom stereocenters. The van der Waals surface area contributed by atoms with E-state index in [2.05, 4.69) is 5.16 Å². The summed E-state index contributed by atoms with van der Waals surface area (Å²) in [6.45, 7) is 0. The Kier molecular flexibility index (Phi) is 2.74. The molecule has 82 valence electrons. The maximum atomic E-state index is 12.3. The highest BCUT2D eigenvalue weighted by atomic mass is 19.4. The Morgan fingerprint density at radius 3 is 2.40 bits per heavy atom. The lowest BCUT2D eigenvalue weighted by Gasteiger charge is -2.09. The van der Waals surface area contributed by atoms with Gasteiger partial charge < -0.3 is 16.7 Å². The lowest BCUT2D eigenvalue weighted by Crippen LogP contribution is -2.17. The SMILES string of the molecule is N/C(=N/O)c1cc(C(F)(F)F)ccc1N. The first-order valence-electron chi connectivity index (χ1n) is 3.81. The summed E-state index contributed by atoms with van der Waals surface area (Å²) in [5, 5.41) is 10.9. The first-order chi connectivity index (χ1) is 6.86. The summed E-state index contributed by atoms with van der Waals surface area (Å²) in [6, 6.07) is 2.60. The normalized spacial score (nSPS) is 12.9. The van der Waals surface area contributed by atoms with Crippen LogP contribution in [0.2, 0.25) is 0 Å². The summed E-state index contributed by atoms with van der Waals surface area (Å²) < 4.78 is 36.8. The fraction of sp³-hybridized carbons (Fsp3) is 0.125. The fourth-order valence-corrected chi connectivity index (χ4v) is 1.01. The number of hydrogen-bond donors (Lipinski definition) is 3. The topological polar surface area (TPSA) is 84.6 Å². The molecular formula is C8H8F3N3O. The van der Waals surface area contributed by atoms with Crippen molar-refractivity contribution < 1.29 is 18.4 Å². The number of rotatable bonds is 1. The number of alkyl halides is 3. The Morgan fingerprint density at radius 2 is 1.93 bits per heavy atom. The van der Waals surface area contributed by atoms with Crippen molar-refractivity contribution in [2.75, 3.05) is 5.73 Å². The molecule has 1 aromatic rings. The van der Waals surface area contributed by atoms with Gasteiger partial charge in [-0.3, -0.25) is 0 Å². The van der Waals surface area contributed by atoms with E-state index < -0.39 is 17.6 Å². The van der Waals surface area contributed by atoms with Gasteiger partial charge in [-0.05, 0) is 18.2 Å². The van der Waals surface area contributed by atoms with Gasteiger partial charge in [0.25, 0.3) is 0 Å². The average molecular weight is 219 g/mol. The molecule has 0 spiro atoms. The Balaban J connectivity index is 3.29. The second-order valence-corrected chi connectivity index (χ2v) is 2.79. The van der Waals surface area contributed by atoms with Crippen LogP contribution in [0.1, 0.15) is 11.1 Å². The highest BCUT2D eigenvalue weighted by Gasteiger charge is 2.31. The van der Waals surface area contributed by atoms with Crippen LogP contribution in [0, 0.1) is 0 Å². The van der Waals surface area contributed by atoms with Gasteiger partial charge in [0.15, 0.2) is 5.84 Å². The molecule has 0 aliphatic heterocycles. The van der Waals surface area contributed by atoms with E-state index in [9.17, 15) is 13.2 Å². The number of nitrogen functional groups attached to an aromatic ring is 1. The minimum absolute atomic E-state index is 0.0123. The second-order valence-electron chi connectivity index (χ2n) is 2.79. The molecule has 5 N–H and O–H groups in total.